The predicted molar refractivity (Wildman–Crippen MR) is 191 cm³/mol. The number of benzene rings is 2. The van der Waals surface area contributed by atoms with Crippen molar-refractivity contribution < 1.29 is 9.13 Å². The van der Waals surface area contributed by atoms with E-state index < -0.39 is 0 Å². The minimum atomic E-state index is -0.0603. The molecule has 1 atom stereocenters. The van der Waals surface area contributed by atoms with Crippen LogP contribution in [0.1, 0.15) is 97.4 Å². The van der Waals surface area contributed by atoms with Crippen molar-refractivity contribution in [2.75, 3.05) is 0 Å². The summed E-state index contributed by atoms with van der Waals surface area (Å²) in [6.07, 6.45) is 15.3. The van der Waals surface area contributed by atoms with Gasteiger partial charge >= 0.3 is 0 Å². The molecule has 3 aromatic heterocycles. The Labute approximate surface area is 276 Å². The lowest BCUT2D eigenvalue weighted by Crippen LogP contribution is -2.37. The van der Waals surface area contributed by atoms with Crippen LogP contribution < -0.4 is 9.13 Å². The van der Waals surface area contributed by atoms with Gasteiger partial charge in [-0.3, -0.25) is 4.68 Å². The quantitative estimate of drug-likeness (QED) is 0.131. The lowest BCUT2D eigenvalue weighted by molar-refractivity contribution is -0.687. The van der Waals surface area contributed by atoms with Crippen molar-refractivity contribution in [3.63, 3.8) is 0 Å². The van der Waals surface area contributed by atoms with Crippen LogP contribution >= 0.6 is 0 Å². The van der Waals surface area contributed by atoms with Crippen molar-refractivity contribution in [2.45, 2.75) is 104 Å². The third kappa shape index (κ3) is 6.99. The van der Waals surface area contributed by atoms with Gasteiger partial charge in [0.2, 0.25) is 5.69 Å². The van der Waals surface area contributed by atoms with E-state index in [1.54, 1.807) is 0 Å². The molecule has 1 unspecified atom stereocenters. The molecule has 0 radical (unpaired) electrons. The van der Waals surface area contributed by atoms with Crippen LogP contribution in [0.15, 0.2) is 85.3 Å². The highest BCUT2D eigenvalue weighted by Crippen LogP contribution is 2.39. The molecular weight excluding hydrogens is 562 g/mol. The number of nitrogens with zero attached hydrogens (tertiary/aromatic N) is 5. The fraction of sp³-hybridized carbons (Fsp3) is 0.415. The van der Waals surface area contributed by atoms with Gasteiger partial charge in [-0.15, -0.1) is 0 Å². The number of aromatic nitrogens is 5. The first-order chi connectivity index (χ1) is 22.1. The van der Waals surface area contributed by atoms with Crippen molar-refractivity contribution in [2.24, 2.45) is 7.05 Å². The summed E-state index contributed by atoms with van der Waals surface area (Å²) in [5.41, 5.74) is 9.70. The third-order valence-corrected chi connectivity index (χ3v) is 9.47. The van der Waals surface area contributed by atoms with Crippen molar-refractivity contribution in [1.29, 1.82) is 0 Å². The van der Waals surface area contributed by atoms with Gasteiger partial charge < -0.3 is 0 Å². The number of aryl methyl sites for hydroxylation is 3. The van der Waals surface area contributed by atoms with E-state index in [0.717, 1.165) is 54.8 Å². The van der Waals surface area contributed by atoms with Crippen molar-refractivity contribution >= 4 is 17.1 Å². The van der Waals surface area contributed by atoms with E-state index in [0.29, 0.717) is 0 Å². The Morgan fingerprint density at radius 2 is 1.67 bits per heavy atom. The van der Waals surface area contributed by atoms with E-state index in [9.17, 15) is 0 Å². The highest BCUT2D eigenvalue weighted by Gasteiger charge is 2.30. The summed E-state index contributed by atoms with van der Waals surface area (Å²) < 4.78 is 6.60. The van der Waals surface area contributed by atoms with E-state index >= 15 is 0 Å². The largest absolute Gasteiger partial charge is 0.287 e. The van der Waals surface area contributed by atoms with E-state index in [2.05, 4.69) is 149 Å². The second-order valence-electron chi connectivity index (χ2n) is 14.1. The Kier molecular flexibility index (Phi) is 10.2. The maximum atomic E-state index is 4.95. The van der Waals surface area contributed by atoms with E-state index in [-0.39, 0.29) is 10.8 Å². The summed E-state index contributed by atoms with van der Waals surface area (Å²) in [4.78, 5) is 4.95. The highest BCUT2D eigenvalue weighted by molar-refractivity contribution is 5.92. The van der Waals surface area contributed by atoms with Crippen molar-refractivity contribution in [3.05, 3.63) is 102 Å². The molecule has 0 bridgehead atoms. The van der Waals surface area contributed by atoms with Gasteiger partial charge in [-0.05, 0) is 84.0 Å². The smallest absolute Gasteiger partial charge is 0.262 e. The molecule has 0 aliphatic heterocycles. The molecular formula is C41H53N5+2. The average molecular weight is 616 g/mol. The van der Waals surface area contributed by atoms with Crippen LogP contribution in [0.2, 0.25) is 0 Å². The monoisotopic (exact) mass is 615 g/mol. The molecule has 0 aliphatic rings. The summed E-state index contributed by atoms with van der Waals surface area (Å²) in [6.45, 7) is 16.8. The summed E-state index contributed by atoms with van der Waals surface area (Å²) in [6, 6.07) is 24.6. The number of rotatable bonds is 12. The first kappa shape index (κ1) is 33.2. The molecule has 3 heterocycles. The van der Waals surface area contributed by atoms with Gasteiger partial charge in [0, 0.05) is 30.2 Å². The minimum absolute atomic E-state index is 0.00540. The summed E-state index contributed by atoms with van der Waals surface area (Å²) in [5, 5.41) is 6.07. The number of allylic oxidation sites excluding steroid dienone is 1. The Morgan fingerprint density at radius 3 is 2.39 bits per heavy atom. The number of unbranched alkanes of at least 4 members (excludes halogenated alkanes) is 1. The number of hydrogen-bond acceptors (Lipinski definition) is 2. The maximum Gasteiger partial charge on any atom is 0.287 e. The zero-order valence-corrected chi connectivity index (χ0v) is 29.3. The van der Waals surface area contributed by atoms with Crippen LogP contribution in [0.3, 0.4) is 0 Å². The number of fused-ring (bicyclic) bond motifs is 1. The molecule has 0 aliphatic carbocycles. The molecule has 240 valence electrons. The lowest BCUT2D eigenvalue weighted by atomic mass is 9.74. The van der Waals surface area contributed by atoms with Gasteiger partial charge in [0.25, 0.3) is 6.33 Å². The SMILES string of the molecule is CCCCc1ccc2c(-c3ccccc3C(C)(CC)CC=C[n+]3ccccc3-c3cc(C(C)(C)C)nn3C)[n+](CCC)cnc2c1. The summed E-state index contributed by atoms with van der Waals surface area (Å²) >= 11 is 0. The second kappa shape index (κ2) is 14.1. The van der Waals surface area contributed by atoms with Gasteiger partial charge in [0.1, 0.15) is 11.4 Å². The Hall–Kier alpha value is -4.12. The topological polar surface area (TPSA) is 38.5 Å². The van der Waals surface area contributed by atoms with Crippen LogP contribution in [0.4, 0.5) is 0 Å². The first-order valence-electron chi connectivity index (χ1n) is 17.2. The van der Waals surface area contributed by atoms with Crippen molar-refractivity contribution in [1.82, 2.24) is 14.8 Å². The highest BCUT2D eigenvalue weighted by atomic mass is 15.3. The Bertz CT molecular complexity index is 1820. The zero-order chi connectivity index (χ0) is 32.9. The van der Waals surface area contributed by atoms with Gasteiger partial charge in [-0.2, -0.15) is 9.67 Å². The number of pyridine rings is 1. The van der Waals surface area contributed by atoms with Crippen LogP contribution in [0, 0.1) is 0 Å². The zero-order valence-electron chi connectivity index (χ0n) is 29.3. The molecule has 0 amide bonds. The molecule has 46 heavy (non-hydrogen) atoms. The Balaban J connectivity index is 1.53. The van der Waals surface area contributed by atoms with Crippen LogP contribution in [0.5, 0.6) is 0 Å². The molecule has 0 spiro atoms. The van der Waals surface area contributed by atoms with Gasteiger partial charge in [-0.25, -0.2) is 4.57 Å². The predicted octanol–water partition coefficient (Wildman–Crippen LogP) is 9.16. The molecule has 5 rings (SSSR count). The fourth-order valence-electron chi connectivity index (χ4n) is 6.44. The van der Waals surface area contributed by atoms with Crippen LogP contribution in [0.25, 0.3) is 39.7 Å². The lowest BCUT2D eigenvalue weighted by Gasteiger charge is -2.30. The van der Waals surface area contributed by atoms with E-state index in [4.69, 9.17) is 10.1 Å². The molecule has 2 aromatic carbocycles. The first-order valence-corrected chi connectivity index (χ1v) is 17.2. The normalized spacial score (nSPS) is 13.5. The van der Waals surface area contributed by atoms with Crippen LogP contribution in [-0.4, -0.2) is 14.8 Å². The van der Waals surface area contributed by atoms with E-state index in [1.165, 1.54) is 40.6 Å². The molecule has 0 saturated heterocycles. The molecule has 5 nitrogen and oxygen atoms in total. The summed E-state index contributed by atoms with van der Waals surface area (Å²) in [5.74, 6) is 0. The molecule has 0 N–H and O–H groups in total. The average Bonchev–Trinajstić information content (AvgIpc) is 3.46. The number of hydrogen-bond donors (Lipinski definition) is 0. The van der Waals surface area contributed by atoms with E-state index in [1.807, 2.05) is 11.7 Å². The fourth-order valence-corrected chi connectivity index (χ4v) is 6.44. The van der Waals surface area contributed by atoms with Crippen LogP contribution in [-0.2, 0) is 30.8 Å². The second-order valence-corrected chi connectivity index (χ2v) is 14.1. The van der Waals surface area contributed by atoms with Crippen molar-refractivity contribution in [3.8, 4) is 22.6 Å². The Morgan fingerprint density at radius 1 is 0.891 bits per heavy atom. The third-order valence-electron chi connectivity index (χ3n) is 9.47. The standard InChI is InChI=1S/C41H53N5/c1-9-12-18-31-22-23-33-35(28-31)42-30-46(25-10-2)39(33)32-19-13-14-20-34(32)41(7,11-3)24-17-27-45-26-16-15-21-36(45)37-29-38(40(4,5)6)43-44(37)8/h13-17,19-23,26-30H,9-12,18,24-25H2,1-8H3/q+2. The molecule has 5 heteroatoms. The van der Waals surface area contributed by atoms with Gasteiger partial charge in [0.15, 0.2) is 17.9 Å². The van der Waals surface area contributed by atoms with Gasteiger partial charge in [0.05, 0.1) is 17.6 Å². The summed E-state index contributed by atoms with van der Waals surface area (Å²) in [7, 11) is 2.04. The molecule has 5 aromatic rings. The molecule has 0 fully saturated rings. The minimum Gasteiger partial charge on any atom is -0.262 e. The maximum absolute atomic E-state index is 4.95. The molecule has 0 saturated carbocycles. The van der Waals surface area contributed by atoms with Gasteiger partial charge in [-0.1, -0.05) is 85.2 Å².